The predicted octanol–water partition coefficient (Wildman–Crippen LogP) is 1.83. The largest absolute Gasteiger partial charge is 0.325 e. The fourth-order valence-corrected chi connectivity index (χ4v) is 1.80. The van der Waals surface area contributed by atoms with Crippen LogP contribution in [0.15, 0.2) is 17.4 Å². The smallest absolute Gasteiger partial charge is 0.187 e. The minimum Gasteiger partial charge on any atom is -0.325 e. The number of thioether (sulfide) groups is 1. The van der Waals surface area contributed by atoms with Crippen molar-refractivity contribution in [2.75, 3.05) is 5.75 Å². The number of hydrogen-bond donors (Lipinski definition) is 1. The summed E-state index contributed by atoms with van der Waals surface area (Å²) in [4.78, 5) is 8.45. The Morgan fingerprint density at radius 3 is 3.08 bits per heavy atom. The molecule has 0 aliphatic carbocycles. The number of rotatable bonds is 5. The summed E-state index contributed by atoms with van der Waals surface area (Å²) >= 11 is 1.70. The molecule has 0 saturated heterocycles. The minimum atomic E-state index is 0.490. The Bertz CT molecular complexity index is 252. The Labute approximate surface area is 83.2 Å². The lowest BCUT2D eigenvalue weighted by molar-refractivity contribution is 0.862. The van der Waals surface area contributed by atoms with Crippen LogP contribution in [0.1, 0.15) is 25.5 Å². The van der Waals surface area contributed by atoms with Crippen molar-refractivity contribution in [1.29, 1.82) is 0 Å². The molecule has 0 atom stereocenters. The van der Waals surface area contributed by atoms with Crippen LogP contribution in [0, 0.1) is 0 Å². The highest BCUT2D eigenvalue weighted by molar-refractivity contribution is 7.99. The van der Waals surface area contributed by atoms with Crippen molar-refractivity contribution in [2.24, 2.45) is 5.73 Å². The van der Waals surface area contributed by atoms with Crippen LogP contribution < -0.4 is 5.73 Å². The first kappa shape index (κ1) is 10.5. The van der Waals surface area contributed by atoms with Crippen molar-refractivity contribution in [3.8, 4) is 0 Å². The van der Waals surface area contributed by atoms with E-state index in [0.717, 1.165) is 16.6 Å². The molecule has 13 heavy (non-hydrogen) atoms. The van der Waals surface area contributed by atoms with Gasteiger partial charge in [-0.2, -0.15) is 0 Å². The van der Waals surface area contributed by atoms with Gasteiger partial charge in [0, 0.05) is 18.5 Å². The van der Waals surface area contributed by atoms with Gasteiger partial charge in [0.05, 0.1) is 5.69 Å². The molecular formula is C9H15N3S. The third kappa shape index (κ3) is 3.74. The van der Waals surface area contributed by atoms with E-state index in [1.807, 2.05) is 6.07 Å². The van der Waals surface area contributed by atoms with Crippen molar-refractivity contribution in [3.63, 3.8) is 0 Å². The first-order valence-corrected chi connectivity index (χ1v) is 5.50. The number of aromatic nitrogens is 2. The van der Waals surface area contributed by atoms with Gasteiger partial charge in [0.1, 0.15) is 0 Å². The minimum absolute atomic E-state index is 0.490. The lowest BCUT2D eigenvalue weighted by atomic mass is 10.4. The van der Waals surface area contributed by atoms with Gasteiger partial charge in [-0.3, -0.25) is 0 Å². The van der Waals surface area contributed by atoms with Gasteiger partial charge < -0.3 is 5.73 Å². The van der Waals surface area contributed by atoms with Gasteiger partial charge in [0.25, 0.3) is 0 Å². The Kier molecular flexibility index (Phi) is 4.78. The molecule has 0 spiro atoms. The van der Waals surface area contributed by atoms with Crippen LogP contribution >= 0.6 is 11.8 Å². The van der Waals surface area contributed by atoms with Crippen LogP contribution in [0.25, 0.3) is 0 Å². The van der Waals surface area contributed by atoms with Gasteiger partial charge in [-0.15, -0.1) is 0 Å². The summed E-state index contributed by atoms with van der Waals surface area (Å²) in [6.07, 6.45) is 4.19. The van der Waals surface area contributed by atoms with Crippen LogP contribution in [-0.4, -0.2) is 15.7 Å². The Hall–Kier alpha value is -0.610. The van der Waals surface area contributed by atoms with Crippen LogP contribution in [0.5, 0.6) is 0 Å². The quantitative estimate of drug-likeness (QED) is 0.444. The van der Waals surface area contributed by atoms with E-state index in [0.29, 0.717) is 6.54 Å². The lowest BCUT2D eigenvalue weighted by Gasteiger charge is -2.00. The third-order valence-electron chi connectivity index (χ3n) is 1.63. The second-order valence-corrected chi connectivity index (χ2v) is 3.80. The summed E-state index contributed by atoms with van der Waals surface area (Å²) in [6.45, 7) is 2.67. The van der Waals surface area contributed by atoms with E-state index in [2.05, 4.69) is 16.9 Å². The van der Waals surface area contributed by atoms with Crippen molar-refractivity contribution in [2.45, 2.75) is 31.5 Å². The van der Waals surface area contributed by atoms with E-state index in [4.69, 9.17) is 5.73 Å². The van der Waals surface area contributed by atoms with Gasteiger partial charge in [-0.05, 0) is 12.5 Å². The highest BCUT2D eigenvalue weighted by atomic mass is 32.2. The topological polar surface area (TPSA) is 51.8 Å². The molecule has 0 saturated carbocycles. The second-order valence-electron chi connectivity index (χ2n) is 2.74. The van der Waals surface area contributed by atoms with Crippen LogP contribution in [0.2, 0.25) is 0 Å². The van der Waals surface area contributed by atoms with Gasteiger partial charge >= 0.3 is 0 Å². The van der Waals surface area contributed by atoms with Gasteiger partial charge in [-0.25, -0.2) is 9.97 Å². The number of nitrogens with zero attached hydrogens (tertiary/aromatic N) is 2. The molecule has 0 bridgehead atoms. The normalized spacial score (nSPS) is 10.3. The second kappa shape index (κ2) is 5.94. The first-order valence-electron chi connectivity index (χ1n) is 4.51. The maximum Gasteiger partial charge on any atom is 0.187 e. The highest BCUT2D eigenvalue weighted by Crippen LogP contribution is 2.13. The zero-order valence-corrected chi connectivity index (χ0v) is 8.68. The summed E-state index contributed by atoms with van der Waals surface area (Å²) < 4.78 is 0. The molecule has 72 valence electrons. The van der Waals surface area contributed by atoms with Crippen LogP contribution in [0.4, 0.5) is 0 Å². The summed E-state index contributed by atoms with van der Waals surface area (Å²) in [6, 6.07) is 1.85. The van der Waals surface area contributed by atoms with E-state index >= 15 is 0 Å². The monoisotopic (exact) mass is 197 g/mol. The Morgan fingerprint density at radius 1 is 1.54 bits per heavy atom. The molecule has 0 aliphatic heterocycles. The standard InChI is InChI=1S/C9H15N3S/c1-2-3-6-13-9-11-5-4-8(7-10)12-9/h4-5H,2-3,6-7,10H2,1H3. The molecular weight excluding hydrogens is 182 g/mol. The van der Waals surface area contributed by atoms with E-state index in [1.54, 1.807) is 18.0 Å². The van der Waals surface area contributed by atoms with Crippen LogP contribution in [-0.2, 0) is 6.54 Å². The summed E-state index contributed by atoms with van der Waals surface area (Å²) in [5.41, 5.74) is 6.39. The van der Waals surface area contributed by atoms with Gasteiger partial charge in [0.15, 0.2) is 5.16 Å². The van der Waals surface area contributed by atoms with E-state index < -0.39 is 0 Å². The predicted molar refractivity (Wildman–Crippen MR) is 55.6 cm³/mol. The zero-order chi connectivity index (χ0) is 9.52. The Morgan fingerprint density at radius 2 is 2.38 bits per heavy atom. The summed E-state index contributed by atoms with van der Waals surface area (Å²) in [5, 5.41) is 0.844. The first-order chi connectivity index (χ1) is 6.36. The van der Waals surface area contributed by atoms with E-state index in [-0.39, 0.29) is 0 Å². The average Bonchev–Trinajstić information content (AvgIpc) is 2.19. The molecule has 0 unspecified atom stereocenters. The molecule has 0 aliphatic rings. The van der Waals surface area contributed by atoms with Crippen molar-refractivity contribution < 1.29 is 0 Å². The third-order valence-corrected chi connectivity index (χ3v) is 2.58. The van der Waals surface area contributed by atoms with Gasteiger partial charge in [-0.1, -0.05) is 25.1 Å². The molecule has 0 aromatic carbocycles. The number of nitrogens with two attached hydrogens (primary N) is 1. The highest BCUT2D eigenvalue weighted by Gasteiger charge is 1.97. The molecule has 1 aromatic heterocycles. The zero-order valence-electron chi connectivity index (χ0n) is 7.86. The van der Waals surface area contributed by atoms with Gasteiger partial charge in [0.2, 0.25) is 0 Å². The molecule has 3 nitrogen and oxygen atoms in total. The molecule has 0 radical (unpaired) electrons. The van der Waals surface area contributed by atoms with Crippen molar-refractivity contribution in [1.82, 2.24) is 9.97 Å². The SMILES string of the molecule is CCCCSc1nccc(CN)n1. The fourth-order valence-electron chi connectivity index (χ4n) is 0.867. The maximum absolute atomic E-state index is 5.47. The lowest BCUT2D eigenvalue weighted by Crippen LogP contribution is -2.01. The summed E-state index contributed by atoms with van der Waals surface area (Å²) in [7, 11) is 0. The molecule has 0 amide bonds. The van der Waals surface area contributed by atoms with Crippen molar-refractivity contribution >= 4 is 11.8 Å². The maximum atomic E-state index is 5.47. The summed E-state index contributed by atoms with van der Waals surface area (Å²) in [5.74, 6) is 1.09. The fraction of sp³-hybridized carbons (Fsp3) is 0.556. The molecule has 1 heterocycles. The molecule has 2 N–H and O–H groups in total. The van der Waals surface area contributed by atoms with Crippen molar-refractivity contribution in [3.05, 3.63) is 18.0 Å². The Balaban J connectivity index is 2.46. The number of hydrogen-bond acceptors (Lipinski definition) is 4. The molecule has 0 fully saturated rings. The molecule has 1 aromatic rings. The van der Waals surface area contributed by atoms with E-state index in [9.17, 15) is 0 Å². The number of unbranched alkanes of at least 4 members (excludes halogenated alkanes) is 1. The molecule has 1 rings (SSSR count). The van der Waals surface area contributed by atoms with E-state index in [1.165, 1.54) is 12.8 Å². The molecule has 4 heteroatoms. The average molecular weight is 197 g/mol. The van der Waals surface area contributed by atoms with Crippen LogP contribution in [0.3, 0.4) is 0 Å².